The summed E-state index contributed by atoms with van der Waals surface area (Å²) in [5, 5.41) is 12.6. The fourth-order valence-corrected chi connectivity index (χ4v) is 1.68. The molecule has 1 aromatic heterocycles. The quantitative estimate of drug-likeness (QED) is 0.915. The maximum absolute atomic E-state index is 8.65. The van der Waals surface area contributed by atoms with Crippen LogP contribution in [0.5, 0.6) is 0 Å². The van der Waals surface area contributed by atoms with E-state index in [1.165, 1.54) is 5.56 Å². The Morgan fingerprint density at radius 2 is 1.94 bits per heavy atom. The van der Waals surface area contributed by atoms with Crippen molar-refractivity contribution in [1.82, 2.24) is 4.98 Å². The first-order valence-corrected chi connectivity index (χ1v) is 6.00. The first kappa shape index (κ1) is 12.4. The molecule has 0 aliphatic carbocycles. The molecular weight excluding hydrogens is 246 g/mol. The molecule has 2 aromatic rings. The fraction of sp³-hybridized carbons (Fsp3) is 0.143. The summed E-state index contributed by atoms with van der Waals surface area (Å²) in [7, 11) is 0. The van der Waals surface area contributed by atoms with Gasteiger partial charge in [-0.3, -0.25) is 0 Å². The third-order valence-corrected chi connectivity index (χ3v) is 2.78. The number of aromatic nitrogens is 1. The SMILES string of the molecule is N#Cc1ccc(NCCc2ccc(Cl)cc2)nc1. The molecule has 90 valence electrons. The first-order valence-electron chi connectivity index (χ1n) is 5.62. The Kier molecular flexibility index (Phi) is 4.16. The van der Waals surface area contributed by atoms with Crippen LogP contribution in [0.4, 0.5) is 5.82 Å². The summed E-state index contributed by atoms with van der Waals surface area (Å²) >= 11 is 5.82. The molecule has 0 unspecified atom stereocenters. The van der Waals surface area contributed by atoms with Gasteiger partial charge in [0.15, 0.2) is 0 Å². The van der Waals surface area contributed by atoms with E-state index in [2.05, 4.69) is 10.3 Å². The van der Waals surface area contributed by atoms with Crippen LogP contribution < -0.4 is 5.32 Å². The van der Waals surface area contributed by atoms with E-state index in [1.807, 2.05) is 30.3 Å². The topological polar surface area (TPSA) is 48.7 Å². The van der Waals surface area contributed by atoms with Crippen LogP contribution in [0.1, 0.15) is 11.1 Å². The molecule has 0 spiro atoms. The van der Waals surface area contributed by atoms with Crippen LogP contribution in [0.25, 0.3) is 0 Å². The zero-order valence-electron chi connectivity index (χ0n) is 9.73. The Bertz CT molecular complexity index is 541. The van der Waals surface area contributed by atoms with Crippen LogP contribution >= 0.6 is 11.6 Å². The molecule has 1 heterocycles. The minimum absolute atomic E-state index is 0.568. The molecule has 0 fully saturated rings. The maximum atomic E-state index is 8.65. The summed E-state index contributed by atoms with van der Waals surface area (Å²) in [6.45, 7) is 0.792. The lowest BCUT2D eigenvalue weighted by molar-refractivity contribution is 1.01. The van der Waals surface area contributed by atoms with E-state index < -0.39 is 0 Å². The molecule has 0 atom stereocenters. The summed E-state index contributed by atoms with van der Waals surface area (Å²) in [5.41, 5.74) is 1.79. The molecule has 4 heteroatoms. The minimum Gasteiger partial charge on any atom is -0.370 e. The molecule has 0 radical (unpaired) electrons. The maximum Gasteiger partial charge on any atom is 0.125 e. The highest BCUT2D eigenvalue weighted by Crippen LogP contribution is 2.10. The summed E-state index contributed by atoms with van der Waals surface area (Å²) in [6, 6.07) is 13.4. The predicted octanol–water partition coefficient (Wildman–Crippen LogP) is 3.26. The number of nitrogens with zero attached hydrogens (tertiary/aromatic N) is 2. The number of benzene rings is 1. The van der Waals surface area contributed by atoms with Crippen molar-refractivity contribution in [3.05, 3.63) is 58.7 Å². The van der Waals surface area contributed by atoms with Crippen molar-refractivity contribution in [2.45, 2.75) is 6.42 Å². The summed E-state index contributed by atoms with van der Waals surface area (Å²) in [4.78, 5) is 4.14. The highest BCUT2D eigenvalue weighted by Gasteiger charge is 1.96. The fourth-order valence-electron chi connectivity index (χ4n) is 1.55. The van der Waals surface area contributed by atoms with Gasteiger partial charge in [0.25, 0.3) is 0 Å². The van der Waals surface area contributed by atoms with Crippen LogP contribution in [0.15, 0.2) is 42.6 Å². The van der Waals surface area contributed by atoms with Gasteiger partial charge in [0.1, 0.15) is 11.9 Å². The van der Waals surface area contributed by atoms with Crippen molar-refractivity contribution in [2.24, 2.45) is 0 Å². The number of nitriles is 1. The highest BCUT2D eigenvalue weighted by atomic mass is 35.5. The minimum atomic E-state index is 0.568. The molecule has 2 rings (SSSR count). The smallest absolute Gasteiger partial charge is 0.125 e. The lowest BCUT2D eigenvalue weighted by atomic mass is 10.1. The second-order valence-electron chi connectivity index (χ2n) is 3.85. The Hall–Kier alpha value is -2.05. The second-order valence-corrected chi connectivity index (χ2v) is 4.28. The van der Waals surface area contributed by atoms with Crippen molar-refractivity contribution in [3.8, 4) is 6.07 Å². The predicted molar refractivity (Wildman–Crippen MR) is 72.6 cm³/mol. The first-order chi connectivity index (χ1) is 8.78. The average Bonchev–Trinajstić information content (AvgIpc) is 2.42. The second kappa shape index (κ2) is 6.04. The van der Waals surface area contributed by atoms with Crippen LogP contribution in [-0.4, -0.2) is 11.5 Å². The number of halogens is 1. The van der Waals surface area contributed by atoms with Gasteiger partial charge in [-0.05, 0) is 36.2 Å². The van der Waals surface area contributed by atoms with Crippen LogP contribution in [0, 0.1) is 11.3 Å². The van der Waals surface area contributed by atoms with Crippen molar-refractivity contribution >= 4 is 17.4 Å². The Labute approximate surface area is 111 Å². The zero-order valence-corrected chi connectivity index (χ0v) is 10.5. The third-order valence-electron chi connectivity index (χ3n) is 2.53. The van der Waals surface area contributed by atoms with Crippen LogP contribution in [0.3, 0.4) is 0 Å². The molecule has 0 bridgehead atoms. The molecule has 0 amide bonds. The lowest BCUT2D eigenvalue weighted by Crippen LogP contribution is -2.06. The summed E-state index contributed by atoms with van der Waals surface area (Å²) in [5.74, 6) is 0.781. The Morgan fingerprint density at radius 3 is 2.56 bits per heavy atom. The number of pyridine rings is 1. The van der Waals surface area contributed by atoms with E-state index in [9.17, 15) is 0 Å². The molecule has 1 N–H and O–H groups in total. The Balaban J connectivity index is 1.84. The van der Waals surface area contributed by atoms with Gasteiger partial charge < -0.3 is 5.32 Å². The lowest BCUT2D eigenvalue weighted by Gasteiger charge is -2.05. The van der Waals surface area contributed by atoms with E-state index in [0.717, 1.165) is 23.8 Å². The van der Waals surface area contributed by atoms with Gasteiger partial charge in [-0.15, -0.1) is 0 Å². The molecule has 1 aromatic carbocycles. The summed E-state index contributed by atoms with van der Waals surface area (Å²) < 4.78 is 0. The van der Waals surface area contributed by atoms with Crippen molar-refractivity contribution < 1.29 is 0 Å². The number of rotatable bonds is 4. The van der Waals surface area contributed by atoms with Gasteiger partial charge in [0, 0.05) is 17.8 Å². The monoisotopic (exact) mass is 257 g/mol. The normalized spacial score (nSPS) is 9.78. The largest absolute Gasteiger partial charge is 0.370 e. The van der Waals surface area contributed by atoms with Gasteiger partial charge in [-0.2, -0.15) is 5.26 Å². The highest BCUT2D eigenvalue weighted by molar-refractivity contribution is 6.30. The average molecular weight is 258 g/mol. The van der Waals surface area contributed by atoms with Crippen molar-refractivity contribution in [3.63, 3.8) is 0 Å². The molecular formula is C14H12ClN3. The third kappa shape index (κ3) is 3.47. The Morgan fingerprint density at radius 1 is 1.17 bits per heavy atom. The van der Waals surface area contributed by atoms with E-state index in [4.69, 9.17) is 16.9 Å². The molecule has 3 nitrogen and oxygen atoms in total. The van der Waals surface area contributed by atoms with Gasteiger partial charge in [0.2, 0.25) is 0 Å². The van der Waals surface area contributed by atoms with Crippen molar-refractivity contribution in [2.75, 3.05) is 11.9 Å². The van der Waals surface area contributed by atoms with Gasteiger partial charge in [0.05, 0.1) is 5.56 Å². The standard InChI is InChI=1S/C14H12ClN3/c15-13-4-1-11(2-5-13)7-8-17-14-6-3-12(9-16)10-18-14/h1-6,10H,7-8H2,(H,17,18). The van der Waals surface area contributed by atoms with Gasteiger partial charge in [-0.1, -0.05) is 23.7 Å². The van der Waals surface area contributed by atoms with Crippen molar-refractivity contribution in [1.29, 1.82) is 5.26 Å². The molecule has 0 saturated carbocycles. The molecule has 0 aliphatic heterocycles. The summed E-state index contributed by atoms with van der Waals surface area (Å²) in [6.07, 6.45) is 2.46. The van der Waals surface area contributed by atoms with E-state index in [0.29, 0.717) is 5.56 Å². The molecule has 18 heavy (non-hydrogen) atoms. The van der Waals surface area contributed by atoms with Crippen LogP contribution in [0.2, 0.25) is 5.02 Å². The van der Waals surface area contributed by atoms with Gasteiger partial charge >= 0.3 is 0 Å². The number of nitrogens with one attached hydrogen (secondary N) is 1. The number of hydrogen-bond acceptors (Lipinski definition) is 3. The zero-order chi connectivity index (χ0) is 12.8. The number of hydrogen-bond donors (Lipinski definition) is 1. The molecule has 0 saturated heterocycles. The van der Waals surface area contributed by atoms with E-state index in [1.54, 1.807) is 18.3 Å². The van der Waals surface area contributed by atoms with Gasteiger partial charge in [-0.25, -0.2) is 4.98 Å². The molecule has 0 aliphatic rings. The number of anilines is 1. The van der Waals surface area contributed by atoms with E-state index in [-0.39, 0.29) is 0 Å². The van der Waals surface area contributed by atoms with Crippen LogP contribution in [-0.2, 0) is 6.42 Å². The van der Waals surface area contributed by atoms with E-state index >= 15 is 0 Å².